The maximum Gasteiger partial charge on any atom is 0.250 e. The van der Waals surface area contributed by atoms with Gasteiger partial charge in [-0.15, -0.1) is 0 Å². The highest BCUT2D eigenvalue weighted by molar-refractivity contribution is 6.31. The Balaban J connectivity index is 1.42. The van der Waals surface area contributed by atoms with E-state index in [1.165, 1.54) is 6.08 Å². The topological polar surface area (TPSA) is 92.0 Å². The molecule has 2 unspecified atom stereocenters. The molecule has 7 heteroatoms. The first-order chi connectivity index (χ1) is 16.6. The molecular weight excluding hydrogens is 446 g/mol. The van der Waals surface area contributed by atoms with Crippen LogP contribution in [0.15, 0.2) is 72.8 Å². The van der Waals surface area contributed by atoms with E-state index in [4.69, 9.17) is 11.6 Å². The summed E-state index contributed by atoms with van der Waals surface area (Å²) < 4.78 is 0. The van der Waals surface area contributed by atoms with Crippen molar-refractivity contribution >= 4 is 40.3 Å². The van der Waals surface area contributed by atoms with Crippen LogP contribution in [0.25, 0.3) is 5.70 Å². The van der Waals surface area contributed by atoms with Crippen molar-refractivity contribution in [3.05, 3.63) is 94.5 Å². The van der Waals surface area contributed by atoms with Crippen LogP contribution in [0, 0.1) is 28.6 Å². The summed E-state index contributed by atoms with van der Waals surface area (Å²) in [5, 5.41) is 25.9. The molecule has 166 valence electrons. The summed E-state index contributed by atoms with van der Waals surface area (Å²) in [7, 11) is 0. The number of benzene rings is 3. The van der Waals surface area contributed by atoms with Gasteiger partial charge < -0.3 is 15.5 Å². The van der Waals surface area contributed by atoms with Gasteiger partial charge in [-0.3, -0.25) is 4.79 Å². The van der Waals surface area contributed by atoms with Gasteiger partial charge in [0.05, 0.1) is 40.7 Å². The van der Waals surface area contributed by atoms with E-state index in [1.807, 2.05) is 48.5 Å². The molecule has 6 nitrogen and oxygen atoms in total. The van der Waals surface area contributed by atoms with E-state index >= 15 is 0 Å². The van der Waals surface area contributed by atoms with Crippen LogP contribution in [-0.4, -0.2) is 19.0 Å². The lowest BCUT2D eigenvalue weighted by molar-refractivity contribution is -0.111. The van der Waals surface area contributed by atoms with Crippen molar-refractivity contribution in [2.75, 3.05) is 28.6 Å². The first kappa shape index (κ1) is 21.6. The molecule has 0 bridgehead atoms. The molecule has 0 saturated carbocycles. The van der Waals surface area contributed by atoms with Gasteiger partial charge in [0, 0.05) is 35.8 Å². The number of anilines is 3. The van der Waals surface area contributed by atoms with E-state index in [0.29, 0.717) is 35.1 Å². The zero-order valence-corrected chi connectivity index (χ0v) is 18.9. The van der Waals surface area contributed by atoms with E-state index in [0.717, 1.165) is 22.5 Å². The smallest absolute Gasteiger partial charge is 0.250 e. The van der Waals surface area contributed by atoms with Crippen LogP contribution in [0.3, 0.4) is 0 Å². The van der Waals surface area contributed by atoms with Crippen molar-refractivity contribution in [2.24, 2.45) is 5.92 Å². The van der Waals surface area contributed by atoms with Crippen LogP contribution in [0.4, 0.5) is 17.1 Å². The molecule has 34 heavy (non-hydrogen) atoms. The Bertz CT molecular complexity index is 1400. The lowest BCUT2D eigenvalue weighted by atomic mass is 9.90. The van der Waals surface area contributed by atoms with E-state index in [1.54, 1.807) is 18.2 Å². The Hall–Kier alpha value is -4.26. The minimum atomic E-state index is -0.258. The standard InChI is InChI=1S/C27H20ClN5O/c28-23-7-2-1-6-21(23)22-16-33(15-19(22)14-30)20-8-9-24-26(11-20)32-27(34)12-25(31-24)18-5-3-4-17(10-18)13-29/h1-12,19,22,31H,15-16H2,(H,32,34). The van der Waals surface area contributed by atoms with Gasteiger partial charge in [-0.25, -0.2) is 0 Å². The second-order valence-corrected chi connectivity index (χ2v) is 8.77. The Morgan fingerprint density at radius 2 is 1.79 bits per heavy atom. The number of carbonyl (C=O) groups is 1. The number of carbonyl (C=O) groups excluding carboxylic acids is 1. The van der Waals surface area contributed by atoms with Gasteiger partial charge in [-0.05, 0) is 47.5 Å². The Morgan fingerprint density at radius 1 is 0.941 bits per heavy atom. The van der Waals surface area contributed by atoms with Crippen molar-refractivity contribution in [3.63, 3.8) is 0 Å². The van der Waals surface area contributed by atoms with Crippen LogP contribution in [0.2, 0.25) is 5.02 Å². The van der Waals surface area contributed by atoms with Crippen molar-refractivity contribution in [1.82, 2.24) is 0 Å². The summed E-state index contributed by atoms with van der Waals surface area (Å²) >= 11 is 6.43. The molecule has 2 aliphatic heterocycles. The molecule has 0 aliphatic carbocycles. The predicted molar refractivity (Wildman–Crippen MR) is 133 cm³/mol. The van der Waals surface area contributed by atoms with Gasteiger partial charge in [0.15, 0.2) is 0 Å². The average Bonchev–Trinajstić information content (AvgIpc) is 3.21. The van der Waals surface area contributed by atoms with Crippen LogP contribution >= 0.6 is 11.6 Å². The fraction of sp³-hybridized carbons (Fsp3) is 0.148. The summed E-state index contributed by atoms with van der Waals surface area (Å²) in [5.74, 6) is -0.441. The largest absolute Gasteiger partial charge is 0.369 e. The van der Waals surface area contributed by atoms with E-state index < -0.39 is 0 Å². The van der Waals surface area contributed by atoms with Gasteiger partial charge in [0.2, 0.25) is 0 Å². The fourth-order valence-corrected chi connectivity index (χ4v) is 4.85. The van der Waals surface area contributed by atoms with Crippen molar-refractivity contribution in [3.8, 4) is 12.1 Å². The van der Waals surface area contributed by atoms with E-state index in [-0.39, 0.29) is 17.7 Å². The quantitative estimate of drug-likeness (QED) is 0.543. The van der Waals surface area contributed by atoms with Crippen molar-refractivity contribution in [1.29, 1.82) is 10.5 Å². The molecular formula is C27H20ClN5O. The SMILES string of the molecule is N#Cc1cccc(C2=CC(=O)Nc3cc(N4CC(C#N)C(c5ccccc5Cl)C4)ccc3N2)c1. The minimum Gasteiger partial charge on any atom is -0.369 e. The summed E-state index contributed by atoms with van der Waals surface area (Å²) in [4.78, 5) is 14.8. The maximum atomic E-state index is 12.6. The van der Waals surface area contributed by atoms with Crippen LogP contribution in [-0.2, 0) is 4.79 Å². The van der Waals surface area contributed by atoms with Gasteiger partial charge in [-0.1, -0.05) is 41.9 Å². The first-order valence-electron chi connectivity index (χ1n) is 10.9. The normalized spacial score (nSPS) is 19.1. The zero-order valence-electron chi connectivity index (χ0n) is 18.1. The molecule has 2 atom stereocenters. The Kier molecular flexibility index (Phi) is 5.67. The first-order valence-corrected chi connectivity index (χ1v) is 11.3. The highest BCUT2D eigenvalue weighted by Gasteiger charge is 2.35. The third-order valence-electron chi connectivity index (χ3n) is 6.26. The number of hydrogen-bond donors (Lipinski definition) is 2. The maximum absolute atomic E-state index is 12.6. The lowest BCUT2D eigenvalue weighted by Crippen LogP contribution is -2.20. The second kappa shape index (κ2) is 8.94. The highest BCUT2D eigenvalue weighted by atomic mass is 35.5. The average molecular weight is 466 g/mol. The molecule has 3 aromatic carbocycles. The number of nitrogens with one attached hydrogen (secondary N) is 2. The number of nitrogens with zero attached hydrogens (tertiary/aromatic N) is 3. The summed E-state index contributed by atoms with van der Waals surface area (Å²) in [5.41, 5.74) is 5.20. The molecule has 2 aliphatic rings. The number of rotatable bonds is 3. The third kappa shape index (κ3) is 4.08. The van der Waals surface area contributed by atoms with E-state index in [2.05, 4.69) is 27.7 Å². The molecule has 5 rings (SSSR count). The molecule has 3 aromatic rings. The number of fused-ring (bicyclic) bond motifs is 1. The monoisotopic (exact) mass is 465 g/mol. The zero-order chi connectivity index (χ0) is 23.7. The second-order valence-electron chi connectivity index (χ2n) is 8.36. The summed E-state index contributed by atoms with van der Waals surface area (Å²) in [6.07, 6.45) is 1.49. The highest BCUT2D eigenvalue weighted by Crippen LogP contribution is 2.40. The van der Waals surface area contributed by atoms with Gasteiger partial charge in [-0.2, -0.15) is 10.5 Å². The van der Waals surface area contributed by atoms with Crippen molar-refractivity contribution < 1.29 is 4.79 Å². The molecule has 0 aromatic heterocycles. The van der Waals surface area contributed by atoms with E-state index in [9.17, 15) is 15.3 Å². The fourth-order valence-electron chi connectivity index (χ4n) is 4.57. The summed E-state index contributed by atoms with van der Waals surface area (Å²) in [6, 6.07) is 25.2. The predicted octanol–water partition coefficient (Wildman–Crippen LogP) is 5.36. The molecule has 0 spiro atoms. The number of amides is 1. The summed E-state index contributed by atoms with van der Waals surface area (Å²) in [6.45, 7) is 1.24. The Morgan fingerprint density at radius 3 is 2.59 bits per heavy atom. The molecule has 2 N–H and O–H groups in total. The number of hydrogen-bond acceptors (Lipinski definition) is 5. The van der Waals surface area contributed by atoms with Crippen LogP contribution in [0.1, 0.15) is 22.6 Å². The van der Waals surface area contributed by atoms with Crippen LogP contribution in [0.5, 0.6) is 0 Å². The lowest BCUT2D eigenvalue weighted by Gasteiger charge is -2.21. The molecule has 1 amide bonds. The van der Waals surface area contributed by atoms with Crippen LogP contribution < -0.4 is 15.5 Å². The number of nitriles is 2. The van der Waals surface area contributed by atoms with Crippen molar-refractivity contribution in [2.45, 2.75) is 5.92 Å². The minimum absolute atomic E-state index is 0.00547. The van der Waals surface area contributed by atoms with Gasteiger partial charge in [0.1, 0.15) is 0 Å². The molecule has 1 saturated heterocycles. The molecule has 2 heterocycles. The third-order valence-corrected chi connectivity index (χ3v) is 6.61. The molecule has 0 radical (unpaired) electrons. The van der Waals surface area contributed by atoms with Gasteiger partial charge in [0.25, 0.3) is 5.91 Å². The Labute approximate surface area is 202 Å². The number of halogens is 1. The van der Waals surface area contributed by atoms with Gasteiger partial charge >= 0.3 is 0 Å². The molecule has 1 fully saturated rings.